The van der Waals surface area contributed by atoms with Gasteiger partial charge in [0.2, 0.25) is 0 Å². The average Bonchev–Trinajstić information content (AvgIpc) is 2.18. The van der Waals surface area contributed by atoms with Gasteiger partial charge in [-0.05, 0) is 13.0 Å². The first kappa shape index (κ1) is 9.21. The van der Waals surface area contributed by atoms with Gasteiger partial charge in [-0.2, -0.15) is 0 Å². The van der Waals surface area contributed by atoms with Crippen molar-refractivity contribution in [3.8, 4) is 0 Å². The first-order valence-electron chi connectivity index (χ1n) is 4.79. The van der Waals surface area contributed by atoms with Crippen molar-refractivity contribution in [2.75, 3.05) is 14.1 Å². The highest BCUT2D eigenvalue weighted by Crippen LogP contribution is 2.32. The average molecular weight is 189 g/mol. The van der Waals surface area contributed by atoms with Gasteiger partial charge in [-0.25, -0.2) is 10.0 Å². The largest absolute Gasteiger partial charge is 0.289 e. The second-order valence-electron chi connectivity index (χ2n) is 3.71. The van der Waals surface area contributed by atoms with Crippen LogP contribution in [0.15, 0.2) is 29.3 Å². The summed E-state index contributed by atoms with van der Waals surface area (Å²) in [6.45, 7) is 2.18. The van der Waals surface area contributed by atoms with Crippen LogP contribution in [-0.4, -0.2) is 30.5 Å². The zero-order valence-corrected chi connectivity index (χ0v) is 8.81. The Morgan fingerprint density at radius 3 is 2.71 bits per heavy atom. The lowest BCUT2D eigenvalue weighted by Gasteiger charge is -2.35. The van der Waals surface area contributed by atoms with Crippen LogP contribution in [-0.2, 0) is 0 Å². The standard InChI is InChI=1S/C11H15N3/c1-9-10-6-4-5-7-11(10)12-8-14(9)13(2)3/h4-9H,1-3H3. The van der Waals surface area contributed by atoms with Crippen LogP contribution in [0.25, 0.3) is 0 Å². The zero-order chi connectivity index (χ0) is 10.1. The number of aliphatic imine (C=N–C) groups is 1. The topological polar surface area (TPSA) is 18.8 Å². The van der Waals surface area contributed by atoms with E-state index in [4.69, 9.17) is 0 Å². The minimum Gasteiger partial charge on any atom is -0.289 e. The number of nitrogens with zero attached hydrogens (tertiary/aromatic N) is 3. The molecule has 0 bridgehead atoms. The maximum absolute atomic E-state index is 4.41. The van der Waals surface area contributed by atoms with Crippen LogP contribution in [0.4, 0.5) is 5.69 Å². The number of fused-ring (bicyclic) bond motifs is 1. The second-order valence-corrected chi connectivity index (χ2v) is 3.71. The molecule has 1 aromatic carbocycles. The van der Waals surface area contributed by atoms with Crippen molar-refractivity contribution in [3.63, 3.8) is 0 Å². The van der Waals surface area contributed by atoms with Gasteiger partial charge < -0.3 is 0 Å². The van der Waals surface area contributed by atoms with E-state index in [-0.39, 0.29) is 0 Å². The molecule has 3 heteroatoms. The Kier molecular flexibility index (Phi) is 2.25. The molecule has 0 spiro atoms. The van der Waals surface area contributed by atoms with Crippen molar-refractivity contribution in [1.29, 1.82) is 0 Å². The van der Waals surface area contributed by atoms with Crippen LogP contribution in [0.5, 0.6) is 0 Å². The van der Waals surface area contributed by atoms with E-state index in [1.165, 1.54) is 5.56 Å². The summed E-state index contributed by atoms with van der Waals surface area (Å²) in [5.74, 6) is 0. The van der Waals surface area contributed by atoms with E-state index >= 15 is 0 Å². The fourth-order valence-electron chi connectivity index (χ4n) is 1.77. The van der Waals surface area contributed by atoms with Crippen LogP contribution in [0.1, 0.15) is 18.5 Å². The highest BCUT2D eigenvalue weighted by Gasteiger charge is 2.20. The van der Waals surface area contributed by atoms with Gasteiger partial charge in [0.05, 0.1) is 11.7 Å². The van der Waals surface area contributed by atoms with Crippen molar-refractivity contribution in [3.05, 3.63) is 29.8 Å². The quantitative estimate of drug-likeness (QED) is 0.674. The summed E-state index contributed by atoms with van der Waals surface area (Å²) in [6.07, 6.45) is 1.88. The molecule has 0 fully saturated rings. The summed E-state index contributed by atoms with van der Waals surface area (Å²) in [5.41, 5.74) is 2.36. The predicted molar refractivity (Wildman–Crippen MR) is 58.5 cm³/mol. The molecule has 3 nitrogen and oxygen atoms in total. The molecule has 0 radical (unpaired) electrons. The molecule has 1 heterocycles. The van der Waals surface area contributed by atoms with Crippen molar-refractivity contribution in [2.45, 2.75) is 13.0 Å². The Labute approximate surface area is 84.6 Å². The van der Waals surface area contributed by atoms with Crippen molar-refractivity contribution in [1.82, 2.24) is 10.0 Å². The van der Waals surface area contributed by atoms with Crippen molar-refractivity contribution >= 4 is 12.0 Å². The molecule has 0 aliphatic carbocycles. The number of rotatable bonds is 1. The lowest BCUT2D eigenvalue weighted by molar-refractivity contribution is 0.0741. The van der Waals surface area contributed by atoms with E-state index in [2.05, 4.69) is 35.1 Å². The van der Waals surface area contributed by atoms with Gasteiger partial charge in [-0.3, -0.25) is 5.01 Å². The van der Waals surface area contributed by atoms with Crippen LogP contribution in [0, 0.1) is 0 Å². The molecule has 1 aliphatic rings. The number of hydrazine groups is 1. The molecule has 0 amide bonds. The molecule has 0 aromatic heterocycles. The van der Waals surface area contributed by atoms with Crippen LogP contribution in [0.3, 0.4) is 0 Å². The fraction of sp³-hybridized carbons (Fsp3) is 0.364. The third-order valence-corrected chi connectivity index (χ3v) is 2.56. The highest BCUT2D eigenvalue weighted by atomic mass is 15.6. The molecule has 1 aliphatic heterocycles. The summed E-state index contributed by atoms with van der Waals surface area (Å²) in [7, 11) is 4.05. The number of hydrogen-bond acceptors (Lipinski definition) is 3. The Morgan fingerprint density at radius 1 is 1.29 bits per heavy atom. The maximum atomic E-state index is 4.41. The molecule has 2 rings (SSSR count). The van der Waals surface area contributed by atoms with E-state index in [1.807, 2.05) is 31.5 Å². The van der Waals surface area contributed by atoms with E-state index in [9.17, 15) is 0 Å². The van der Waals surface area contributed by atoms with Crippen molar-refractivity contribution in [2.24, 2.45) is 4.99 Å². The summed E-state index contributed by atoms with van der Waals surface area (Å²) >= 11 is 0. The molecular weight excluding hydrogens is 174 g/mol. The smallest absolute Gasteiger partial charge is 0.106 e. The Balaban J connectivity index is 2.40. The molecule has 1 unspecified atom stereocenters. The van der Waals surface area contributed by atoms with Gasteiger partial charge in [0.25, 0.3) is 0 Å². The van der Waals surface area contributed by atoms with Crippen molar-refractivity contribution < 1.29 is 0 Å². The first-order valence-corrected chi connectivity index (χ1v) is 4.79. The molecule has 1 aromatic rings. The Bertz CT molecular complexity index is 357. The first-order chi connectivity index (χ1) is 6.70. The predicted octanol–water partition coefficient (Wildman–Crippen LogP) is 2.20. The van der Waals surface area contributed by atoms with Gasteiger partial charge in [-0.1, -0.05) is 18.2 Å². The minimum atomic E-state index is 0.360. The monoisotopic (exact) mass is 189 g/mol. The molecule has 1 atom stereocenters. The molecule has 0 saturated carbocycles. The third-order valence-electron chi connectivity index (χ3n) is 2.56. The fourth-order valence-corrected chi connectivity index (χ4v) is 1.77. The number of benzene rings is 1. The van der Waals surface area contributed by atoms with Gasteiger partial charge in [0.15, 0.2) is 0 Å². The van der Waals surface area contributed by atoms with E-state index < -0.39 is 0 Å². The van der Waals surface area contributed by atoms with Gasteiger partial charge in [0, 0.05) is 19.7 Å². The maximum Gasteiger partial charge on any atom is 0.106 e. The summed E-state index contributed by atoms with van der Waals surface area (Å²) in [5, 5.41) is 4.16. The van der Waals surface area contributed by atoms with Gasteiger partial charge >= 0.3 is 0 Å². The van der Waals surface area contributed by atoms with Crippen LogP contribution < -0.4 is 0 Å². The van der Waals surface area contributed by atoms with Crippen LogP contribution >= 0.6 is 0 Å². The lowest BCUT2D eigenvalue weighted by atomic mass is 10.1. The Morgan fingerprint density at radius 2 is 2.00 bits per heavy atom. The molecular formula is C11H15N3. The normalized spacial score (nSPS) is 20.0. The van der Waals surface area contributed by atoms with Gasteiger partial charge in [-0.15, -0.1) is 0 Å². The summed E-state index contributed by atoms with van der Waals surface area (Å²) in [4.78, 5) is 4.41. The highest BCUT2D eigenvalue weighted by molar-refractivity contribution is 5.67. The van der Waals surface area contributed by atoms with E-state index in [0.717, 1.165) is 5.69 Å². The zero-order valence-electron chi connectivity index (χ0n) is 8.81. The summed E-state index contributed by atoms with van der Waals surface area (Å²) < 4.78 is 0. The molecule has 0 saturated heterocycles. The SMILES string of the molecule is CC1c2ccccc2N=CN1N(C)C. The molecule has 0 N–H and O–H groups in total. The van der Waals surface area contributed by atoms with E-state index in [0.29, 0.717) is 6.04 Å². The number of para-hydroxylation sites is 1. The van der Waals surface area contributed by atoms with Gasteiger partial charge in [0.1, 0.15) is 6.34 Å². The van der Waals surface area contributed by atoms with E-state index in [1.54, 1.807) is 0 Å². The number of hydrogen-bond donors (Lipinski definition) is 0. The lowest BCUT2D eigenvalue weighted by Crippen LogP contribution is -2.39. The van der Waals surface area contributed by atoms with Crippen LogP contribution in [0.2, 0.25) is 0 Å². The molecule has 74 valence electrons. The summed E-state index contributed by atoms with van der Waals surface area (Å²) in [6, 6.07) is 8.62. The third kappa shape index (κ3) is 1.40. The second kappa shape index (κ2) is 3.42. The molecule has 14 heavy (non-hydrogen) atoms. The Hall–Kier alpha value is -1.35. The minimum absolute atomic E-state index is 0.360.